The van der Waals surface area contributed by atoms with Gasteiger partial charge in [-0.15, -0.1) is 0 Å². The monoisotopic (exact) mass is 355 g/mol. The highest BCUT2D eigenvalue weighted by Crippen LogP contribution is 2.30. The lowest BCUT2D eigenvalue weighted by Gasteiger charge is -2.22. The first-order valence-corrected chi connectivity index (χ1v) is 7.64. The number of halogens is 3. The van der Waals surface area contributed by atoms with E-state index < -0.39 is 0 Å². The van der Waals surface area contributed by atoms with Gasteiger partial charge in [0.1, 0.15) is 5.82 Å². The Kier molecular flexibility index (Phi) is 5.19. The predicted molar refractivity (Wildman–Crippen MR) is 85.8 cm³/mol. The molecule has 2 aromatic rings. The van der Waals surface area contributed by atoms with Gasteiger partial charge >= 0.3 is 0 Å². The SMILES string of the molecule is CCNC(c1cc(Cl)ccc1C)c1cc(Br)ccc1F. The van der Waals surface area contributed by atoms with E-state index in [1.807, 2.05) is 38.1 Å². The van der Waals surface area contributed by atoms with Crippen molar-refractivity contribution in [2.24, 2.45) is 0 Å². The molecule has 2 rings (SSSR count). The maximum absolute atomic E-state index is 14.2. The molecule has 0 aromatic heterocycles. The van der Waals surface area contributed by atoms with Crippen molar-refractivity contribution in [3.63, 3.8) is 0 Å². The van der Waals surface area contributed by atoms with Crippen LogP contribution in [0.15, 0.2) is 40.9 Å². The van der Waals surface area contributed by atoms with E-state index in [1.165, 1.54) is 6.07 Å². The van der Waals surface area contributed by atoms with Crippen LogP contribution in [0.2, 0.25) is 5.02 Å². The first kappa shape index (κ1) is 15.5. The molecule has 0 spiro atoms. The van der Waals surface area contributed by atoms with E-state index in [0.29, 0.717) is 10.6 Å². The second-order valence-electron chi connectivity index (χ2n) is 4.66. The standard InChI is InChI=1S/C16H16BrClFN/c1-3-20-16(13-9-12(18)6-4-10(13)2)14-8-11(17)5-7-15(14)19/h4-9,16,20H,3H2,1-2H3. The van der Waals surface area contributed by atoms with E-state index >= 15 is 0 Å². The van der Waals surface area contributed by atoms with Crippen LogP contribution in [0, 0.1) is 12.7 Å². The molecular formula is C16H16BrClFN. The van der Waals surface area contributed by atoms with Gasteiger partial charge in [-0.2, -0.15) is 0 Å². The Balaban J connectivity index is 2.55. The van der Waals surface area contributed by atoms with Crippen LogP contribution in [0.25, 0.3) is 0 Å². The number of rotatable bonds is 4. The van der Waals surface area contributed by atoms with E-state index in [0.717, 1.165) is 22.1 Å². The Morgan fingerprint density at radius 3 is 2.65 bits per heavy atom. The molecule has 0 saturated heterocycles. The Hall–Kier alpha value is -0.900. The molecule has 4 heteroatoms. The molecule has 0 aliphatic rings. The van der Waals surface area contributed by atoms with Gasteiger partial charge in [-0.3, -0.25) is 0 Å². The summed E-state index contributed by atoms with van der Waals surface area (Å²) in [5, 5.41) is 3.99. The lowest BCUT2D eigenvalue weighted by molar-refractivity contribution is 0.557. The lowest BCUT2D eigenvalue weighted by Crippen LogP contribution is -2.23. The molecule has 1 N–H and O–H groups in total. The predicted octanol–water partition coefficient (Wildman–Crippen LogP) is 5.25. The molecule has 0 bridgehead atoms. The zero-order valence-corrected chi connectivity index (χ0v) is 13.7. The zero-order chi connectivity index (χ0) is 14.7. The van der Waals surface area contributed by atoms with Crippen LogP contribution in [0.1, 0.15) is 29.7 Å². The van der Waals surface area contributed by atoms with Crippen molar-refractivity contribution in [3.05, 3.63) is 68.4 Å². The summed E-state index contributed by atoms with van der Waals surface area (Å²) in [5.41, 5.74) is 2.70. The fourth-order valence-electron chi connectivity index (χ4n) is 2.25. The van der Waals surface area contributed by atoms with E-state index in [-0.39, 0.29) is 11.9 Å². The van der Waals surface area contributed by atoms with Gasteiger partial charge in [-0.25, -0.2) is 4.39 Å². The minimum absolute atomic E-state index is 0.212. The molecule has 20 heavy (non-hydrogen) atoms. The van der Waals surface area contributed by atoms with Gasteiger partial charge in [0.05, 0.1) is 6.04 Å². The number of hydrogen-bond donors (Lipinski definition) is 1. The first-order valence-electron chi connectivity index (χ1n) is 6.47. The number of aryl methyl sites for hydroxylation is 1. The van der Waals surface area contributed by atoms with Crippen LogP contribution in [-0.2, 0) is 0 Å². The van der Waals surface area contributed by atoms with Crippen molar-refractivity contribution in [1.82, 2.24) is 5.32 Å². The fraction of sp³-hybridized carbons (Fsp3) is 0.250. The second kappa shape index (κ2) is 6.70. The maximum Gasteiger partial charge on any atom is 0.128 e. The average molecular weight is 357 g/mol. The summed E-state index contributed by atoms with van der Waals surface area (Å²) in [6, 6.07) is 10.5. The number of nitrogens with one attached hydrogen (secondary N) is 1. The van der Waals surface area contributed by atoms with E-state index in [9.17, 15) is 4.39 Å². The third-order valence-corrected chi connectivity index (χ3v) is 3.96. The van der Waals surface area contributed by atoms with Crippen LogP contribution in [-0.4, -0.2) is 6.54 Å². The van der Waals surface area contributed by atoms with Gasteiger partial charge < -0.3 is 5.32 Å². The van der Waals surface area contributed by atoms with E-state index in [2.05, 4.69) is 21.2 Å². The number of benzene rings is 2. The highest BCUT2D eigenvalue weighted by Gasteiger charge is 2.19. The van der Waals surface area contributed by atoms with Gasteiger partial charge in [0.15, 0.2) is 0 Å². The largest absolute Gasteiger partial charge is 0.306 e. The quantitative estimate of drug-likeness (QED) is 0.789. The molecule has 0 radical (unpaired) electrons. The summed E-state index contributed by atoms with van der Waals surface area (Å²) < 4.78 is 15.0. The van der Waals surface area contributed by atoms with Gasteiger partial charge in [0, 0.05) is 15.1 Å². The summed E-state index contributed by atoms with van der Waals surface area (Å²) in [5.74, 6) is -0.224. The maximum atomic E-state index is 14.2. The highest BCUT2D eigenvalue weighted by atomic mass is 79.9. The summed E-state index contributed by atoms with van der Waals surface area (Å²) in [4.78, 5) is 0. The molecule has 1 atom stereocenters. The molecule has 0 amide bonds. The smallest absolute Gasteiger partial charge is 0.128 e. The Morgan fingerprint density at radius 1 is 1.20 bits per heavy atom. The van der Waals surface area contributed by atoms with Crippen molar-refractivity contribution in [2.75, 3.05) is 6.54 Å². The Bertz CT molecular complexity index is 564. The minimum atomic E-state index is -0.224. The normalized spacial score (nSPS) is 12.4. The van der Waals surface area contributed by atoms with Crippen molar-refractivity contribution >= 4 is 27.5 Å². The van der Waals surface area contributed by atoms with Gasteiger partial charge in [0.2, 0.25) is 0 Å². The summed E-state index contributed by atoms with van der Waals surface area (Å²) in [7, 11) is 0. The van der Waals surface area contributed by atoms with Crippen LogP contribution < -0.4 is 5.32 Å². The van der Waals surface area contributed by atoms with E-state index in [4.69, 9.17) is 11.6 Å². The minimum Gasteiger partial charge on any atom is -0.306 e. The molecule has 0 aliphatic carbocycles. The second-order valence-corrected chi connectivity index (χ2v) is 6.01. The van der Waals surface area contributed by atoms with Crippen molar-refractivity contribution in [1.29, 1.82) is 0 Å². The van der Waals surface area contributed by atoms with Crippen LogP contribution in [0.3, 0.4) is 0 Å². The molecule has 2 aromatic carbocycles. The highest BCUT2D eigenvalue weighted by molar-refractivity contribution is 9.10. The van der Waals surface area contributed by atoms with Crippen molar-refractivity contribution < 1.29 is 4.39 Å². The average Bonchev–Trinajstić information content (AvgIpc) is 2.42. The topological polar surface area (TPSA) is 12.0 Å². The molecule has 106 valence electrons. The van der Waals surface area contributed by atoms with Crippen molar-refractivity contribution in [2.45, 2.75) is 19.9 Å². The summed E-state index contributed by atoms with van der Waals surface area (Å²) in [6.45, 7) is 4.75. The zero-order valence-electron chi connectivity index (χ0n) is 11.4. The van der Waals surface area contributed by atoms with E-state index in [1.54, 1.807) is 6.07 Å². The van der Waals surface area contributed by atoms with Gasteiger partial charge in [-0.05, 0) is 54.9 Å². The first-order chi connectivity index (χ1) is 9.52. The van der Waals surface area contributed by atoms with Gasteiger partial charge in [-0.1, -0.05) is 40.5 Å². The summed E-state index contributed by atoms with van der Waals surface area (Å²) in [6.07, 6.45) is 0. The number of hydrogen-bond acceptors (Lipinski definition) is 1. The molecule has 0 saturated carbocycles. The molecule has 0 aliphatic heterocycles. The lowest BCUT2D eigenvalue weighted by atomic mass is 9.94. The molecule has 1 nitrogen and oxygen atoms in total. The van der Waals surface area contributed by atoms with Crippen LogP contribution >= 0.6 is 27.5 Å². The summed E-state index contributed by atoms with van der Waals surface area (Å²) >= 11 is 9.49. The molecule has 0 heterocycles. The molecule has 0 fully saturated rings. The van der Waals surface area contributed by atoms with Crippen LogP contribution in [0.5, 0.6) is 0 Å². The van der Waals surface area contributed by atoms with Crippen LogP contribution in [0.4, 0.5) is 4.39 Å². The third-order valence-electron chi connectivity index (χ3n) is 3.23. The Labute approximate surface area is 132 Å². The fourth-order valence-corrected chi connectivity index (χ4v) is 2.81. The molecule has 1 unspecified atom stereocenters. The Morgan fingerprint density at radius 2 is 1.95 bits per heavy atom. The van der Waals surface area contributed by atoms with Crippen molar-refractivity contribution in [3.8, 4) is 0 Å². The molecular weight excluding hydrogens is 341 g/mol. The van der Waals surface area contributed by atoms with Gasteiger partial charge in [0.25, 0.3) is 0 Å². The third kappa shape index (κ3) is 3.40.